The van der Waals surface area contributed by atoms with E-state index >= 15 is 0 Å². The van der Waals surface area contributed by atoms with E-state index in [-0.39, 0.29) is 38.8 Å². The average molecular weight is 449 g/mol. The fraction of sp³-hybridized carbons (Fsp3) is 0.364. The van der Waals surface area contributed by atoms with Gasteiger partial charge in [-0.05, 0) is 48.4 Å². The van der Waals surface area contributed by atoms with Gasteiger partial charge in [-0.1, -0.05) is 19.1 Å². The number of halogens is 3. The standard InChI is InChI=1S/C22H22F3N3O2S/c1-11-3-8-15-14(9-11)17(22(23,24)25)16-18(26)19(31-21(16)28-15)20(29)27-10-12-4-6-13(30-2)7-5-12/h4-7,11H,3,8-10,26H2,1-2H3,(H,27,29)/t11-/m1/s1. The number of ether oxygens (including phenoxy) is 1. The predicted octanol–water partition coefficient (Wildman–Crippen LogP) is 4.96. The van der Waals surface area contributed by atoms with Gasteiger partial charge in [-0.15, -0.1) is 11.3 Å². The molecule has 1 aliphatic carbocycles. The first-order valence-corrected chi connectivity index (χ1v) is 10.7. The Bertz CT molecular complexity index is 1140. The quantitative estimate of drug-likeness (QED) is 0.590. The van der Waals surface area contributed by atoms with Crippen LogP contribution < -0.4 is 15.8 Å². The first-order valence-electron chi connectivity index (χ1n) is 9.91. The number of methoxy groups -OCH3 is 1. The summed E-state index contributed by atoms with van der Waals surface area (Å²) in [4.78, 5) is 17.4. The monoisotopic (exact) mass is 449 g/mol. The number of fused-ring (bicyclic) bond motifs is 2. The number of anilines is 1. The van der Waals surface area contributed by atoms with Crippen LogP contribution in [-0.4, -0.2) is 18.0 Å². The second kappa shape index (κ2) is 8.03. The van der Waals surface area contributed by atoms with E-state index in [9.17, 15) is 18.0 Å². The molecule has 3 N–H and O–H groups in total. The van der Waals surface area contributed by atoms with Crippen LogP contribution in [0.5, 0.6) is 5.75 Å². The van der Waals surface area contributed by atoms with Gasteiger partial charge in [0, 0.05) is 17.6 Å². The normalized spacial score (nSPS) is 16.2. The number of aromatic nitrogens is 1. The van der Waals surface area contributed by atoms with E-state index in [2.05, 4.69) is 10.3 Å². The maximum Gasteiger partial charge on any atom is 0.417 e. The van der Waals surface area contributed by atoms with Crippen molar-refractivity contribution in [3.8, 4) is 5.75 Å². The summed E-state index contributed by atoms with van der Waals surface area (Å²) in [5.41, 5.74) is 6.72. The molecule has 4 rings (SSSR count). The summed E-state index contributed by atoms with van der Waals surface area (Å²) >= 11 is 0.909. The van der Waals surface area contributed by atoms with Gasteiger partial charge in [0.25, 0.3) is 5.91 Å². The first kappa shape index (κ1) is 21.4. The molecule has 1 amide bonds. The zero-order valence-corrected chi connectivity index (χ0v) is 17.9. The lowest BCUT2D eigenvalue weighted by Crippen LogP contribution is -2.23. The third kappa shape index (κ3) is 4.06. The molecule has 9 heteroatoms. The molecule has 0 bridgehead atoms. The van der Waals surface area contributed by atoms with E-state index in [0.29, 0.717) is 24.3 Å². The van der Waals surface area contributed by atoms with Gasteiger partial charge < -0.3 is 15.8 Å². The van der Waals surface area contributed by atoms with Crippen LogP contribution in [0.3, 0.4) is 0 Å². The molecular weight excluding hydrogens is 427 g/mol. The van der Waals surface area contributed by atoms with Crippen LogP contribution in [0.1, 0.15) is 45.4 Å². The van der Waals surface area contributed by atoms with Gasteiger partial charge in [-0.2, -0.15) is 13.2 Å². The molecule has 2 heterocycles. The number of alkyl halides is 3. The van der Waals surface area contributed by atoms with Crippen LogP contribution >= 0.6 is 11.3 Å². The summed E-state index contributed by atoms with van der Waals surface area (Å²) in [6, 6.07) is 7.12. The van der Waals surface area contributed by atoms with Gasteiger partial charge in [0.15, 0.2) is 0 Å². The Balaban J connectivity index is 1.70. The molecular formula is C22H22F3N3O2S. The minimum atomic E-state index is -4.58. The van der Waals surface area contributed by atoms with Gasteiger partial charge in [0.05, 0.1) is 18.4 Å². The van der Waals surface area contributed by atoms with Gasteiger partial charge in [-0.3, -0.25) is 4.79 Å². The Kier molecular flexibility index (Phi) is 5.55. The van der Waals surface area contributed by atoms with Crippen molar-refractivity contribution in [2.45, 2.75) is 38.9 Å². The van der Waals surface area contributed by atoms with Crippen LogP contribution in [-0.2, 0) is 25.6 Å². The van der Waals surface area contributed by atoms with Gasteiger partial charge in [0.2, 0.25) is 0 Å². The third-order valence-corrected chi connectivity index (χ3v) is 6.69. The zero-order valence-electron chi connectivity index (χ0n) is 17.1. The fourth-order valence-corrected chi connectivity index (χ4v) is 5.02. The number of hydrogen-bond acceptors (Lipinski definition) is 5. The topological polar surface area (TPSA) is 77.2 Å². The lowest BCUT2D eigenvalue weighted by atomic mass is 9.84. The molecule has 2 aromatic heterocycles. The smallest absolute Gasteiger partial charge is 0.417 e. The number of nitrogens with two attached hydrogens (primary N) is 1. The third-order valence-electron chi connectivity index (χ3n) is 5.59. The summed E-state index contributed by atoms with van der Waals surface area (Å²) < 4.78 is 47.3. The Morgan fingerprint density at radius 3 is 2.68 bits per heavy atom. The predicted molar refractivity (Wildman–Crippen MR) is 114 cm³/mol. The highest BCUT2D eigenvalue weighted by atomic mass is 32.1. The number of amides is 1. The summed E-state index contributed by atoms with van der Waals surface area (Å²) in [6.45, 7) is 2.15. The van der Waals surface area contributed by atoms with E-state index in [1.165, 1.54) is 0 Å². The molecule has 0 unspecified atom stereocenters. The number of carbonyl (C=O) groups is 1. The molecule has 1 atom stereocenters. The van der Waals surface area contributed by atoms with Crippen molar-refractivity contribution in [2.24, 2.45) is 5.92 Å². The number of rotatable bonds is 4. The number of pyridine rings is 1. The van der Waals surface area contributed by atoms with Crippen LogP contribution in [0, 0.1) is 5.92 Å². The Morgan fingerprint density at radius 1 is 1.32 bits per heavy atom. The fourth-order valence-electron chi connectivity index (χ4n) is 3.98. The van der Waals surface area contributed by atoms with Crippen LogP contribution in [0.15, 0.2) is 24.3 Å². The second-order valence-corrected chi connectivity index (χ2v) is 8.81. The molecule has 0 radical (unpaired) electrons. The summed E-state index contributed by atoms with van der Waals surface area (Å²) in [5, 5.41) is 2.58. The highest BCUT2D eigenvalue weighted by Gasteiger charge is 2.40. The van der Waals surface area contributed by atoms with E-state index < -0.39 is 17.6 Å². The molecule has 164 valence electrons. The maximum atomic E-state index is 14.1. The molecule has 0 saturated heterocycles. The number of nitrogens with one attached hydrogen (secondary N) is 1. The van der Waals surface area contributed by atoms with E-state index in [1.807, 2.05) is 6.92 Å². The summed E-state index contributed by atoms with van der Waals surface area (Å²) in [7, 11) is 1.56. The molecule has 0 aliphatic heterocycles. The maximum absolute atomic E-state index is 14.1. The number of nitrogens with zero attached hydrogens (tertiary/aromatic N) is 1. The molecule has 0 saturated carbocycles. The molecule has 31 heavy (non-hydrogen) atoms. The van der Waals surface area contributed by atoms with Crippen molar-refractivity contribution in [3.05, 3.63) is 51.5 Å². The van der Waals surface area contributed by atoms with Crippen molar-refractivity contribution >= 4 is 33.1 Å². The molecule has 1 aromatic carbocycles. The van der Waals surface area contributed by atoms with Crippen molar-refractivity contribution in [1.82, 2.24) is 10.3 Å². The van der Waals surface area contributed by atoms with E-state index in [4.69, 9.17) is 10.5 Å². The second-order valence-electron chi connectivity index (χ2n) is 7.81. The Morgan fingerprint density at radius 2 is 2.03 bits per heavy atom. The van der Waals surface area contributed by atoms with Crippen LogP contribution in [0.2, 0.25) is 0 Å². The average Bonchev–Trinajstić information content (AvgIpc) is 3.06. The van der Waals surface area contributed by atoms with Crippen molar-refractivity contribution in [3.63, 3.8) is 0 Å². The number of carbonyl (C=O) groups excluding carboxylic acids is 1. The zero-order chi connectivity index (χ0) is 22.3. The Labute approximate surface area is 181 Å². The number of thiophene rings is 1. The number of hydrogen-bond donors (Lipinski definition) is 2. The van der Waals surface area contributed by atoms with Crippen molar-refractivity contribution in [1.29, 1.82) is 0 Å². The van der Waals surface area contributed by atoms with Crippen LogP contribution in [0.25, 0.3) is 10.2 Å². The summed E-state index contributed by atoms with van der Waals surface area (Å²) in [5.74, 6) is 0.309. The molecule has 0 spiro atoms. The van der Waals surface area contributed by atoms with E-state index in [1.54, 1.807) is 31.4 Å². The van der Waals surface area contributed by atoms with Crippen molar-refractivity contribution < 1.29 is 22.7 Å². The van der Waals surface area contributed by atoms with Gasteiger partial charge in [-0.25, -0.2) is 4.98 Å². The van der Waals surface area contributed by atoms with Gasteiger partial charge >= 0.3 is 6.18 Å². The SMILES string of the molecule is COc1ccc(CNC(=O)c2sc3nc4c(c(C(F)(F)F)c3c2N)C[C@H](C)CC4)cc1. The molecule has 5 nitrogen and oxygen atoms in total. The molecule has 0 fully saturated rings. The summed E-state index contributed by atoms with van der Waals surface area (Å²) in [6.07, 6.45) is -2.99. The molecule has 3 aromatic rings. The number of benzene rings is 1. The minimum absolute atomic E-state index is 0.0527. The number of aryl methyl sites for hydroxylation is 1. The van der Waals surface area contributed by atoms with Gasteiger partial charge in [0.1, 0.15) is 15.5 Å². The Hall–Kier alpha value is -2.81. The minimum Gasteiger partial charge on any atom is -0.497 e. The lowest BCUT2D eigenvalue weighted by Gasteiger charge is -2.25. The highest BCUT2D eigenvalue weighted by molar-refractivity contribution is 7.21. The molecule has 1 aliphatic rings. The van der Waals surface area contributed by atoms with Crippen molar-refractivity contribution in [2.75, 3.05) is 12.8 Å². The first-order chi connectivity index (χ1) is 14.7. The largest absolute Gasteiger partial charge is 0.497 e. The van der Waals surface area contributed by atoms with E-state index in [0.717, 1.165) is 23.3 Å². The lowest BCUT2D eigenvalue weighted by molar-refractivity contribution is -0.137. The van der Waals surface area contributed by atoms with Crippen LogP contribution in [0.4, 0.5) is 18.9 Å². The number of nitrogen functional groups attached to an aromatic ring is 1. The highest BCUT2D eigenvalue weighted by Crippen LogP contribution is 2.46.